The van der Waals surface area contributed by atoms with Gasteiger partial charge in [-0.15, -0.1) is 0 Å². The van der Waals surface area contributed by atoms with Gasteiger partial charge in [-0.1, -0.05) is 34.1 Å². The maximum absolute atomic E-state index is 10.2. The van der Waals surface area contributed by atoms with Gasteiger partial charge in [0.15, 0.2) is 12.2 Å². The van der Waals surface area contributed by atoms with Crippen LogP contribution in [0.3, 0.4) is 0 Å². The molecule has 3 atom stereocenters. The van der Waals surface area contributed by atoms with Gasteiger partial charge < -0.3 is 84.2 Å². The maximum Gasteiger partial charge on any atom is 0.345 e. The van der Waals surface area contributed by atoms with Crippen molar-refractivity contribution >= 4 is 47.8 Å². The molecule has 0 saturated heterocycles. The largest absolute Gasteiger partial charge is 0.550 e. The molecule has 0 bridgehead atoms. The Bertz CT molecular complexity index is 1030. The van der Waals surface area contributed by atoms with Crippen molar-refractivity contribution in [1.29, 1.82) is 0 Å². The fourth-order valence-electron chi connectivity index (χ4n) is 2.29. The summed E-state index contributed by atoms with van der Waals surface area (Å²) in [7, 11) is 12.3. The first-order chi connectivity index (χ1) is 26.7. The average Bonchev–Trinajstić information content (AvgIpc) is 3.08. The average molecular weight is 871 g/mol. The van der Waals surface area contributed by atoms with E-state index in [9.17, 15) is 39.0 Å². The minimum Gasteiger partial charge on any atom is -0.550 e. The number of carboxylic acids is 6. The van der Waals surface area contributed by atoms with Crippen LogP contribution in [0.15, 0.2) is 0 Å². The smallest absolute Gasteiger partial charge is 0.345 e. The number of rotatable bonds is 18. The quantitative estimate of drug-likeness (QED) is 0.0489. The predicted molar refractivity (Wildman–Crippen MR) is 207 cm³/mol. The molecule has 0 rings (SSSR count). The normalized spacial score (nSPS) is 11.1. The van der Waals surface area contributed by atoms with Crippen LogP contribution in [0.4, 0.5) is 0 Å². The van der Waals surface area contributed by atoms with Crippen molar-refractivity contribution < 1.29 is 113 Å². The van der Waals surface area contributed by atoms with E-state index in [-0.39, 0.29) is 38.6 Å². The zero-order valence-corrected chi connectivity index (χ0v) is 36.7. The molecule has 23 heteroatoms. The van der Waals surface area contributed by atoms with Gasteiger partial charge in [-0.25, -0.2) is 19.2 Å². The monoisotopic (exact) mass is 870 g/mol. The van der Waals surface area contributed by atoms with E-state index < -0.39 is 73.2 Å². The standard InChI is InChI=1S/2C6H10O4.2C5H14NO.C5H10O3.C5H10O2.2C2H4O3/c2*1-3-5(6(8)9)10-4(2)7;2*1-6(2,3)4-5-7;1-4(3-6)2-5(7)8;1-2-3-4-5(6)7;2*3-1-2(4)5/h2*5H,3H2,1-2H3,(H,8,9);2*7H,4-5H2,1-3H3;4,6H,2-3H2,1H3,(H,7,8);2-4H2,1H3,(H,6,7);2*3H,1H2,(H,4,5)/q;;2*+1;;;;/p-2. The minimum atomic E-state index is -1.19. The minimum absolute atomic E-state index is 0.0590. The number of carbonyl (C=O) groups excluding carboxylic acids is 4. The van der Waals surface area contributed by atoms with Crippen LogP contribution in [0.2, 0.25) is 0 Å². The SMILES string of the molecule is CC(CO)CC(=O)[O-].CCC(OC(C)=O)C(=O)O.CCC(OC(C)=O)C(=O)O.CCCCC(=O)[O-].C[N+](C)(C)CCO.C[N+](C)(C)CCO.O=C(O)CO.O=C(O)CO. The molecule has 0 amide bonds. The second-order valence-electron chi connectivity index (χ2n) is 13.6. The molecule has 354 valence electrons. The second-order valence-corrected chi connectivity index (χ2v) is 13.6. The van der Waals surface area contributed by atoms with Gasteiger partial charge in [0.25, 0.3) is 0 Å². The molecule has 0 aromatic carbocycles. The topological polar surface area (TPSA) is 383 Å². The van der Waals surface area contributed by atoms with Crippen molar-refractivity contribution in [1.82, 2.24) is 0 Å². The highest BCUT2D eigenvalue weighted by atomic mass is 16.6. The summed E-state index contributed by atoms with van der Waals surface area (Å²) in [6, 6.07) is 0. The fourth-order valence-corrected chi connectivity index (χ4v) is 2.29. The number of aliphatic hydroxyl groups is 5. The van der Waals surface area contributed by atoms with Crippen LogP contribution in [-0.2, 0) is 47.8 Å². The first-order valence-corrected chi connectivity index (χ1v) is 18.0. The number of nitrogens with zero attached hydrogens (tertiary/aromatic N) is 2. The zero-order chi connectivity index (χ0) is 49.0. The van der Waals surface area contributed by atoms with Gasteiger partial charge in [-0.3, -0.25) is 9.59 Å². The van der Waals surface area contributed by atoms with E-state index in [1.165, 1.54) is 13.8 Å². The summed E-state index contributed by atoms with van der Waals surface area (Å²) in [4.78, 5) is 78.5. The Morgan fingerprint density at radius 2 is 0.864 bits per heavy atom. The second kappa shape index (κ2) is 47.9. The highest BCUT2D eigenvalue weighted by Crippen LogP contribution is 1.99. The molecule has 0 aliphatic carbocycles. The Morgan fingerprint density at radius 3 is 0.915 bits per heavy atom. The predicted octanol–water partition coefficient (Wildman–Crippen LogP) is -3.00. The van der Waals surface area contributed by atoms with E-state index in [1.807, 2.05) is 6.92 Å². The molecule has 0 aliphatic heterocycles. The molecule has 59 heavy (non-hydrogen) atoms. The fraction of sp³-hybridized carbons (Fsp3) is 0.778. The summed E-state index contributed by atoms with van der Waals surface area (Å²) in [6.45, 7) is 9.83. The number of carboxylic acid groups (broad SMARTS) is 6. The van der Waals surface area contributed by atoms with E-state index in [0.717, 1.165) is 34.9 Å². The summed E-state index contributed by atoms with van der Waals surface area (Å²) in [6.07, 6.45) is 0.433. The maximum atomic E-state index is 10.2. The molecule has 0 aliphatic rings. The van der Waals surface area contributed by atoms with Crippen LogP contribution < -0.4 is 10.2 Å². The van der Waals surface area contributed by atoms with E-state index in [2.05, 4.69) is 51.8 Å². The molecule has 9 N–H and O–H groups in total. The van der Waals surface area contributed by atoms with Crippen molar-refractivity contribution in [3.05, 3.63) is 0 Å². The third-order valence-electron chi connectivity index (χ3n) is 5.28. The number of hydrogen-bond donors (Lipinski definition) is 9. The van der Waals surface area contributed by atoms with Crippen molar-refractivity contribution in [2.45, 2.75) is 92.3 Å². The molecule has 0 aromatic heterocycles. The number of quaternary nitrogens is 2. The Hall–Kier alpha value is -4.52. The molecular weight excluding hydrogens is 796 g/mol. The number of carbonyl (C=O) groups is 8. The number of aliphatic hydroxyl groups excluding tert-OH is 5. The summed E-state index contributed by atoms with van der Waals surface area (Å²) < 4.78 is 10.5. The highest BCUT2D eigenvalue weighted by Gasteiger charge is 2.17. The van der Waals surface area contributed by atoms with Crippen molar-refractivity contribution in [3.63, 3.8) is 0 Å². The molecule has 0 fully saturated rings. The molecular formula is C36H74N2O21. The van der Waals surface area contributed by atoms with Crippen molar-refractivity contribution in [3.8, 4) is 0 Å². The molecule has 0 saturated carbocycles. The van der Waals surface area contributed by atoms with Crippen LogP contribution in [-0.4, -0.2) is 203 Å². The van der Waals surface area contributed by atoms with Gasteiger partial charge in [0.1, 0.15) is 26.3 Å². The van der Waals surface area contributed by atoms with Crippen molar-refractivity contribution in [2.75, 3.05) is 88.4 Å². The molecule has 0 aromatic rings. The molecule has 23 nitrogen and oxygen atoms in total. The Balaban J connectivity index is -0.0000000849. The lowest BCUT2D eigenvalue weighted by molar-refractivity contribution is -0.870. The Labute approximate surface area is 347 Å². The third kappa shape index (κ3) is 101. The molecule has 0 radical (unpaired) electrons. The lowest BCUT2D eigenvalue weighted by Gasteiger charge is -2.21. The van der Waals surface area contributed by atoms with E-state index in [1.54, 1.807) is 20.8 Å². The zero-order valence-electron chi connectivity index (χ0n) is 36.7. The molecule has 0 heterocycles. The Morgan fingerprint density at radius 1 is 0.576 bits per heavy atom. The highest BCUT2D eigenvalue weighted by molar-refractivity contribution is 5.77. The van der Waals surface area contributed by atoms with Gasteiger partial charge in [-0.05, 0) is 38.0 Å². The Kier molecular flexibility index (Phi) is 58.5. The van der Waals surface area contributed by atoms with Crippen molar-refractivity contribution in [2.24, 2.45) is 5.92 Å². The first-order valence-electron chi connectivity index (χ1n) is 18.0. The van der Waals surface area contributed by atoms with Crippen LogP contribution in [0.5, 0.6) is 0 Å². The van der Waals surface area contributed by atoms with Crippen LogP contribution in [0.1, 0.15) is 80.1 Å². The van der Waals surface area contributed by atoms with Gasteiger partial charge >= 0.3 is 35.8 Å². The molecule has 3 unspecified atom stereocenters. The van der Waals surface area contributed by atoms with E-state index in [4.69, 9.17) is 55.5 Å². The van der Waals surface area contributed by atoms with Gasteiger partial charge in [0.2, 0.25) is 0 Å². The summed E-state index contributed by atoms with van der Waals surface area (Å²) >= 11 is 0. The molecule has 0 spiro atoms. The van der Waals surface area contributed by atoms with Gasteiger partial charge in [0.05, 0.1) is 55.5 Å². The number of hydrogen-bond acceptors (Lipinski definition) is 17. The van der Waals surface area contributed by atoms with E-state index >= 15 is 0 Å². The van der Waals surface area contributed by atoms with E-state index in [0.29, 0.717) is 12.8 Å². The van der Waals surface area contributed by atoms with Crippen LogP contribution >= 0.6 is 0 Å². The van der Waals surface area contributed by atoms with Crippen LogP contribution in [0.25, 0.3) is 0 Å². The number of esters is 2. The first kappa shape index (κ1) is 72.1. The number of unbranched alkanes of at least 4 members (excludes halogenated alkanes) is 1. The van der Waals surface area contributed by atoms with Gasteiger partial charge in [0, 0.05) is 32.4 Å². The van der Waals surface area contributed by atoms with Crippen LogP contribution in [0, 0.1) is 5.92 Å². The third-order valence-corrected chi connectivity index (χ3v) is 5.28. The number of aliphatic carboxylic acids is 6. The van der Waals surface area contributed by atoms with Gasteiger partial charge in [-0.2, -0.15) is 0 Å². The number of likely N-dealkylation sites (N-methyl/N-ethyl adjacent to an activating group) is 2. The summed E-state index contributed by atoms with van der Waals surface area (Å²) in [5.41, 5.74) is 0. The summed E-state index contributed by atoms with van der Waals surface area (Å²) in [5.74, 6) is -7.93. The lowest BCUT2D eigenvalue weighted by Crippen LogP contribution is -2.36. The lowest BCUT2D eigenvalue weighted by atomic mass is 10.1. The summed E-state index contributed by atoms with van der Waals surface area (Å²) in [5, 5.41) is 91.2. The number of ether oxygens (including phenoxy) is 2.